The van der Waals surface area contributed by atoms with Gasteiger partial charge in [-0.3, -0.25) is 9.59 Å². The van der Waals surface area contributed by atoms with Crippen LogP contribution in [0.1, 0.15) is 6.42 Å². The molecule has 6 heteroatoms. The van der Waals surface area contributed by atoms with E-state index in [-0.39, 0.29) is 23.5 Å². The Hall–Kier alpha value is -1.00. The fourth-order valence-electron chi connectivity index (χ4n) is 0.961. The molecule has 2 N–H and O–H groups in total. The van der Waals surface area contributed by atoms with Gasteiger partial charge in [0, 0.05) is 19.2 Å². The molecule has 0 saturated carbocycles. The summed E-state index contributed by atoms with van der Waals surface area (Å²) in [5.41, 5.74) is 4.57. The van der Waals surface area contributed by atoms with Crippen LogP contribution in [0.4, 0.5) is 0 Å². The Labute approximate surface area is 90.2 Å². The van der Waals surface area contributed by atoms with Gasteiger partial charge in [0.25, 0.3) is 5.56 Å². The lowest BCUT2D eigenvalue weighted by molar-refractivity contribution is -0.118. The number of carbonyl (C=O) groups excluding carboxylic acids is 1. The maximum Gasteiger partial charge on any atom is 0.269 e. The lowest BCUT2D eigenvalue weighted by Crippen LogP contribution is -2.23. The first kappa shape index (κ1) is 11.1. The van der Waals surface area contributed by atoms with Crippen molar-refractivity contribution in [3.63, 3.8) is 0 Å². The van der Waals surface area contributed by atoms with Crippen LogP contribution in [0.15, 0.2) is 17.1 Å². The molecule has 0 saturated heterocycles. The Balaban J connectivity index is 2.97. The van der Waals surface area contributed by atoms with Crippen LogP contribution in [0, 0.1) is 0 Å². The monoisotopic (exact) mass is 234 g/mol. The first-order chi connectivity index (χ1) is 6.50. The Bertz CT molecular complexity index is 414. The summed E-state index contributed by atoms with van der Waals surface area (Å²) in [6.45, 7) is 0.189. The zero-order chi connectivity index (χ0) is 10.7. The molecule has 0 fully saturated rings. The number of carbonyl (C=O) groups is 1. The molecule has 0 bridgehead atoms. The van der Waals surface area contributed by atoms with Crippen molar-refractivity contribution >= 4 is 29.1 Å². The normalized spacial score (nSPS) is 10.1. The predicted octanol–water partition coefficient (Wildman–Crippen LogP) is 1.03. The first-order valence-corrected chi connectivity index (χ1v) is 4.60. The van der Waals surface area contributed by atoms with E-state index >= 15 is 0 Å². The molecule has 0 aliphatic carbocycles. The number of hydrogen-bond acceptors (Lipinski definition) is 2. The molecule has 0 aliphatic rings. The number of nitrogens with two attached hydrogens (primary N) is 1. The van der Waals surface area contributed by atoms with Gasteiger partial charge in [-0.05, 0) is 6.07 Å². The van der Waals surface area contributed by atoms with Crippen LogP contribution in [-0.4, -0.2) is 10.5 Å². The highest BCUT2D eigenvalue weighted by Gasteiger charge is 2.04. The number of aromatic nitrogens is 1. The van der Waals surface area contributed by atoms with Crippen molar-refractivity contribution in [2.45, 2.75) is 13.0 Å². The van der Waals surface area contributed by atoms with Crippen LogP contribution < -0.4 is 11.3 Å². The third-order valence-electron chi connectivity index (χ3n) is 1.61. The molecule has 0 unspecified atom stereocenters. The van der Waals surface area contributed by atoms with Crippen molar-refractivity contribution in [1.82, 2.24) is 4.57 Å². The molecule has 0 spiro atoms. The highest BCUT2D eigenvalue weighted by Crippen LogP contribution is 2.11. The van der Waals surface area contributed by atoms with Gasteiger partial charge < -0.3 is 10.3 Å². The summed E-state index contributed by atoms with van der Waals surface area (Å²) in [4.78, 5) is 21.8. The summed E-state index contributed by atoms with van der Waals surface area (Å²) < 4.78 is 1.26. The van der Waals surface area contributed by atoms with Crippen LogP contribution in [0.3, 0.4) is 0 Å². The summed E-state index contributed by atoms with van der Waals surface area (Å²) in [6, 6.07) is 1.35. The van der Waals surface area contributed by atoms with Gasteiger partial charge in [-0.2, -0.15) is 0 Å². The molecule has 4 nitrogen and oxygen atoms in total. The van der Waals surface area contributed by atoms with Crippen LogP contribution in [-0.2, 0) is 11.3 Å². The second-order valence-electron chi connectivity index (χ2n) is 2.72. The quantitative estimate of drug-likeness (QED) is 0.850. The van der Waals surface area contributed by atoms with Gasteiger partial charge in [0.2, 0.25) is 5.91 Å². The zero-order valence-electron chi connectivity index (χ0n) is 7.17. The molecule has 76 valence electrons. The van der Waals surface area contributed by atoms with Crippen molar-refractivity contribution in [3.8, 4) is 0 Å². The van der Waals surface area contributed by atoms with Gasteiger partial charge in [-0.25, -0.2) is 0 Å². The average Bonchev–Trinajstić information content (AvgIpc) is 2.08. The number of nitrogens with zero attached hydrogens (tertiary/aromatic N) is 1. The lowest BCUT2D eigenvalue weighted by atomic mass is 10.4. The number of halogens is 2. The second kappa shape index (κ2) is 4.48. The number of primary amides is 1. The topological polar surface area (TPSA) is 65.1 Å². The third-order valence-corrected chi connectivity index (χ3v) is 2.09. The minimum Gasteiger partial charge on any atom is -0.370 e. The van der Waals surface area contributed by atoms with Crippen LogP contribution in [0.5, 0.6) is 0 Å². The molecule has 1 amide bonds. The summed E-state index contributed by atoms with van der Waals surface area (Å²) in [7, 11) is 0. The summed E-state index contributed by atoms with van der Waals surface area (Å²) in [6.07, 6.45) is 1.50. The Morgan fingerprint density at radius 1 is 1.50 bits per heavy atom. The van der Waals surface area contributed by atoms with E-state index in [1.165, 1.54) is 16.8 Å². The van der Waals surface area contributed by atoms with Crippen LogP contribution >= 0.6 is 23.2 Å². The minimum atomic E-state index is -0.479. The van der Waals surface area contributed by atoms with E-state index in [1.807, 2.05) is 0 Å². The van der Waals surface area contributed by atoms with Gasteiger partial charge in [-0.15, -0.1) is 0 Å². The number of aryl methyl sites for hydroxylation is 1. The SMILES string of the molecule is NC(=O)CCn1cc(Cl)cc(Cl)c1=O. The maximum absolute atomic E-state index is 11.4. The summed E-state index contributed by atoms with van der Waals surface area (Å²) >= 11 is 11.3. The maximum atomic E-state index is 11.4. The minimum absolute atomic E-state index is 0.0296. The molecule has 0 radical (unpaired) electrons. The zero-order valence-corrected chi connectivity index (χ0v) is 8.68. The smallest absolute Gasteiger partial charge is 0.269 e. The molecule has 1 aromatic heterocycles. The van der Waals surface area contributed by atoms with Crippen molar-refractivity contribution in [2.75, 3.05) is 0 Å². The van der Waals surface area contributed by atoms with Crippen LogP contribution in [0.2, 0.25) is 10.0 Å². The third kappa shape index (κ3) is 2.75. The van der Waals surface area contributed by atoms with Crippen LogP contribution in [0.25, 0.3) is 0 Å². The molecule has 0 aromatic carbocycles. The molecule has 1 aromatic rings. The number of rotatable bonds is 3. The van der Waals surface area contributed by atoms with E-state index in [1.54, 1.807) is 0 Å². The van der Waals surface area contributed by atoms with Gasteiger partial charge in [-0.1, -0.05) is 23.2 Å². The summed E-state index contributed by atoms with van der Waals surface area (Å²) in [5, 5.41) is 0.376. The molecule has 0 atom stereocenters. The van der Waals surface area contributed by atoms with E-state index in [2.05, 4.69) is 0 Å². The van der Waals surface area contributed by atoms with Crippen molar-refractivity contribution < 1.29 is 4.79 Å². The van der Waals surface area contributed by atoms with E-state index in [0.717, 1.165) is 0 Å². The Morgan fingerprint density at radius 3 is 2.71 bits per heavy atom. The van der Waals surface area contributed by atoms with Gasteiger partial charge in [0.05, 0.1) is 5.02 Å². The number of hydrogen-bond donors (Lipinski definition) is 1. The van der Waals surface area contributed by atoms with Crippen molar-refractivity contribution in [3.05, 3.63) is 32.7 Å². The Morgan fingerprint density at radius 2 is 2.14 bits per heavy atom. The van der Waals surface area contributed by atoms with Gasteiger partial charge in [0.15, 0.2) is 0 Å². The largest absolute Gasteiger partial charge is 0.370 e. The Kier molecular flexibility index (Phi) is 3.55. The predicted molar refractivity (Wildman–Crippen MR) is 54.5 cm³/mol. The second-order valence-corrected chi connectivity index (χ2v) is 3.56. The molecular formula is C8H8Cl2N2O2. The van der Waals surface area contributed by atoms with Gasteiger partial charge in [0.1, 0.15) is 5.02 Å². The number of pyridine rings is 1. The standard InChI is InChI=1S/C8H8Cl2N2O2/c9-5-3-6(10)8(14)12(4-5)2-1-7(11)13/h3-4H,1-2H2,(H2,11,13). The lowest BCUT2D eigenvalue weighted by Gasteiger charge is -2.04. The molecule has 14 heavy (non-hydrogen) atoms. The average molecular weight is 235 g/mol. The summed E-state index contributed by atoms with van der Waals surface area (Å²) in [5.74, 6) is -0.479. The van der Waals surface area contributed by atoms with Gasteiger partial charge >= 0.3 is 0 Å². The van der Waals surface area contributed by atoms with E-state index in [9.17, 15) is 9.59 Å². The fraction of sp³-hybridized carbons (Fsp3) is 0.250. The van der Waals surface area contributed by atoms with E-state index < -0.39 is 5.91 Å². The van der Waals surface area contributed by atoms with Crippen molar-refractivity contribution in [2.24, 2.45) is 5.73 Å². The highest BCUT2D eigenvalue weighted by molar-refractivity contribution is 6.34. The highest BCUT2D eigenvalue weighted by atomic mass is 35.5. The van der Waals surface area contributed by atoms with Crippen molar-refractivity contribution in [1.29, 1.82) is 0 Å². The molecule has 1 rings (SSSR count). The fourth-order valence-corrected chi connectivity index (χ4v) is 1.47. The molecule has 1 heterocycles. The number of amides is 1. The van der Waals surface area contributed by atoms with E-state index in [0.29, 0.717) is 5.02 Å². The first-order valence-electron chi connectivity index (χ1n) is 3.84. The van der Waals surface area contributed by atoms with E-state index in [4.69, 9.17) is 28.9 Å². The molecular weight excluding hydrogens is 227 g/mol. The molecule has 0 aliphatic heterocycles.